The lowest BCUT2D eigenvalue weighted by Gasteiger charge is -2.13. The molecule has 5 aromatic carbocycles. The van der Waals surface area contributed by atoms with Gasteiger partial charge in [-0.3, -0.25) is 4.79 Å². The molecule has 6 nitrogen and oxygen atoms in total. The van der Waals surface area contributed by atoms with E-state index in [2.05, 4.69) is 31.9 Å². The number of aromatic nitrogens is 2. The Balaban J connectivity index is 1.38. The Morgan fingerprint density at radius 1 is 0.884 bits per heavy atom. The Kier molecular flexibility index (Phi) is 7.34. The van der Waals surface area contributed by atoms with E-state index in [1.165, 1.54) is 4.68 Å². The van der Waals surface area contributed by atoms with Crippen LogP contribution in [0.2, 0.25) is 5.02 Å². The van der Waals surface area contributed by atoms with Crippen LogP contribution < -0.4 is 10.3 Å². The van der Waals surface area contributed by atoms with Crippen molar-refractivity contribution in [1.82, 2.24) is 9.66 Å². The standard InChI is InChI=1S/C34H20Br2ClN3O3/c35-23-11-9-21(28(36)17-23)19-42-31-13-10-20-5-1-2-6-25(20)27(31)18-38-40-33(39-29-8-4-3-7-26(29)34(40)41)32-16-22-15-24(37)12-14-30(22)43-32/h1-18H,19H2. The van der Waals surface area contributed by atoms with Gasteiger partial charge in [0, 0.05) is 30.5 Å². The average Bonchev–Trinajstić information content (AvgIpc) is 3.43. The topological polar surface area (TPSA) is 69.6 Å². The summed E-state index contributed by atoms with van der Waals surface area (Å²) in [5, 5.41) is 8.49. The molecule has 7 rings (SSSR count). The number of hydrogen-bond acceptors (Lipinski definition) is 5. The van der Waals surface area contributed by atoms with Crippen LogP contribution in [0.1, 0.15) is 11.1 Å². The second kappa shape index (κ2) is 11.4. The molecule has 0 N–H and O–H groups in total. The Hall–Kier alpha value is -4.24. The Morgan fingerprint density at radius 2 is 1.70 bits per heavy atom. The smallest absolute Gasteiger partial charge is 0.282 e. The summed E-state index contributed by atoms with van der Waals surface area (Å²) < 4.78 is 15.6. The highest BCUT2D eigenvalue weighted by Crippen LogP contribution is 2.31. The molecule has 0 bridgehead atoms. The maximum atomic E-state index is 13.8. The van der Waals surface area contributed by atoms with E-state index in [1.54, 1.807) is 42.6 Å². The van der Waals surface area contributed by atoms with Crippen molar-refractivity contribution in [2.45, 2.75) is 6.61 Å². The Morgan fingerprint density at radius 3 is 2.56 bits per heavy atom. The maximum Gasteiger partial charge on any atom is 0.282 e. The summed E-state index contributed by atoms with van der Waals surface area (Å²) in [6.45, 7) is 0.331. The third kappa shape index (κ3) is 5.38. The van der Waals surface area contributed by atoms with Gasteiger partial charge in [-0.1, -0.05) is 92.0 Å². The van der Waals surface area contributed by atoms with Crippen molar-refractivity contribution >= 4 is 82.3 Å². The van der Waals surface area contributed by atoms with Gasteiger partial charge in [-0.15, -0.1) is 0 Å². The fourth-order valence-corrected chi connectivity index (χ4v) is 6.30. The van der Waals surface area contributed by atoms with Crippen molar-refractivity contribution in [2.24, 2.45) is 5.10 Å². The van der Waals surface area contributed by atoms with Crippen LogP contribution in [-0.2, 0) is 6.61 Å². The summed E-state index contributed by atoms with van der Waals surface area (Å²) in [6, 6.07) is 32.2. The van der Waals surface area contributed by atoms with E-state index >= 15 is 0 Å². The first-order chi connectivity index (χ1) is 20.9. The van der Waals surface area contributed by atoms with Crippen LogP contribution in [0.3, 0.4) is 0 Å². The Labute approximate surface area is 267 Å². The molecule has 2 aromatic heterocycles. The number of furan rings is 1. The van der Waals surface area contributed by atoms with E-state index in [0.29, 0.717) is 39.6 Å². The zero-order valence-corrected chi connectivity index (χ0v) is 26.2. The first-order valence-electron chi connectivity index (χ1n) is 13.3. The van der Waals surface area contributed by atoms with E-state index in [1.807, 2.05) is 66.7 Å². The zero-order valence-electron chi connectivity index (χ0n) is 22.3. The molecule has 0 atom stereocenters. The van der Waals surface area contributed by atoms with E-state index in [0.717, 1.165) is 36.2 Å². The average molecular weight is 714 g/mol. The van der Waals surface area contributed by atoms with E-state index in [9.17, 15) is 4.79 Å². The molecule has 0 aliphatic carbocycles. The Bertz CT molecular complexity index is 2280. The van der Waals surface area contributed by atoms with E-state index in [4.69, 9.17) is 30.8 Å². The van der Waals surface area contributed by atoms with Crippen LogP contribution in [0.25, 0.3) is 44.2 Å². The van der Waals surface area contributed by atoms with Crippen LogP contribution in [0, 0.1) is 0 Å². The fraction of sp³-hybridized carbons (Fsp3) is 0.0294. The van der Waals surface area contributed by atoms with Crippen molar-refractivity contribution in [3.05, 3.63) is 139 Å². The molecule has 9 heteroatoms. The van der Waals surface area contributed by atoms with Gasteiger partial charge in [-0.25, -0.2) is 4.98 Å². The summed E-state index contributed by atoms with van der Waals surface area (Å²) in [4.78, 5) is 18.6. The minimum absolute atomic E-state index is 0.272. The number of rotatable bonds is 6. The first kappa shape index (κ1) is 27.6. The lowest BCUT2D eigenvalue weighted by Crippen LogP contribution is -2.20. The van der Waals surface area contributed by atoms with Crippen LogP contribution in [-0.4, -0.2) is 15.9 Å². The number of halogens is 3. The molecule has 0 aliphatic rings. The molecular weight excluding hydrogens is 694 g/mol. The van der Waals surface area contributed by atoms with Gasteiger partial charge in [0.25, 0.3) is 5.56 Å². The molecule has 7 aromatic rings. The lowest BCUT2D eigenvalue weighted by molar-refractivity contribution is 0.305. The summed E-state index contributed by atoms with van der Waals surface area (Å²) in [5.41, 5.74) is 2.56. The van der Waals surface area contributed by atoms with Crippen LogP contribution in [0.15, 0.2) is 126 Å². The monoisotopic (exact) mass is 711 g/mol. The summed E-state index contributed by atoms with van der Waals surface area (Å²) in [6.07, 6.45) is 1.65. The molecule has 210 valence electrons. The molecule has 0 saturated heterocycles. The zero-order chi connectivity index (χ0) is 29.5. The van der Waals surface area contributed by atoms with E-state index < -0.39 is 0 Å². The van der Waals surface area contributed by atoms with Gasteiger partial charge in [0.2, 0.25) is 5.82 Å². The van der Waals surface area contributed by atoms with Crippen LogP contribution >= 0.6 is 43.5 Å². The van der Waals surface area contributed by atoms with E-state index in [-0.39, 0.29) is 11.4 Å². The summed E-state index contributed by atoms with van der Waals surface area (Å²) in [7, 11) is 0. The molecule has 0 radical (unpaired) electrons. The third-order valence-corrected chi connectivity index (χ3v) is 8.55. The second-order valence-electron chi connectivity index (χ2n) is 9.83. The van der Waals surface area contributed by atoms with Gasteiger partial charge in [-0.2, -0.15) is 9.78 Å². The van der Waals surface area contributed by atoms with Gasteiger partial charge >= 0.3 is 0 Å². The molecule has 0 unspecified atom stereocenters. The maximum absolute atomic E-state index is 13.8. The SMILES string of the molecule is O=c1c2ccccc2nc(-c2cc3cc(Cl)ccc3o2)n1N=Cc1c(OCc2ccc(Br)cc2Br)ccc2ccccc12. The summed E-state index contributed by atoms with van der Waals surface area (Å²) in [5.74, 6) is 1.29. The second-order valence-corrected chi connectivity index (χ2v) is 12.0. The predicted molar refractivity (Wildman–Crippen MR) is 179 cm³/mol. The number of benzene rings is 5. The predicted octanol–water partition coefficient (Wildman–Crippen LogP) is 9.60. The van der Waals surface area contributed by atoms with Crippen LogP contribution in [0.5, 0.6) is 5.75 Å². The largest absolute Gasteiger partial charge is 0.488 e. The van der Waals surface area contributed by atoms with Crippen molar-refractivity contribution in [1.29, 1.82) is 0 Å². The normalized spacial score (nSPS) is 11.7. The first-order valence-corrected chi connectivity index (χ1v) is 15.2. The highest BCUT2D eigenvalue weighted by Gasteiger charge is 2.17. The minimum atomic E-state index is -0.322. The summed E-state index contributed by atoms with van der Waals surface area (Å²) >= 11 is 13.3. The highest BCUT2D eigenvalue weighted by atomic mass is 79.9. The highest BCUT2D eigenvalue weighted by molar-refractivity contribution is 9.11. The molecule has 0 aliphatic heterocycles. The minimum Gasteiger partial charge on any atom is -0.488 e. The van der Waals surface area contributed by atoms with Gasteiger partial charge in [-0.05, 0) is 65.4 Å². The molecule has 0 fully saturated rings. The number of hydrogen-bond donors (Lipinski definition) is 0. The van der Waals surface area contributed by atoms with Crippen molar-refractivity contribution in [2.75, 3.05) is 0 Å². The quantitative estimate of drug-likeness (QED) is 0.161. The molecular formula is C34H20Br2ClN3O3. The molecule has 0 spiro atoms. The lowest BCUT2D eigenvalue weighted by atomic mass is 10.0. The van der Waals surface area contributed by atoms with Crippen molar-refractivity contribution < 1.29 is 9.15 Å². The number of ether oxygens (including phenoxy) is 1. The van der Waals surface area contributed by atoms with Crippen LogP contribution in [0.4, 0.5) is 0 Å². The van der Waals surface area contributed by atoms with Gasteiger partial charge in [0.05, 0.1) is 17.1 Å². The number of fused-ring (bicyclic) bond motifs is 3. The molecule has 0 amide bonds. The molecule has 0 saturated carbocycles. The van der Waals surface area contributed by atoms with Gasteiger partial charge in [0.1, 0.15) is 17.9 Å². The van der Waals surface area contributed by atoms with Gasteiger partial charge in [0.15, 0.2) is 5.76 Å². The van der Waals surface area contributed by atoms with Gasteiger partial charge < -0.3 is 9.15 Å². The van der Waals surface area contributed by atoms with Crippen molar-refractivity contribution in [3.63, 3.8) is 0 Å². The molecule has 43 heavy (non-hydrogen) atoms. The number of nitrogens with zero attached hydrogens (tertiary/aromatic N) is 3. The molecule has 2 heterocycles. The fourth-order valence-electron chi connectivity index (χ4n) is 4.96. The van der Waals surface area contributed by atoms with Crippen molar-refractivity contribution in [3.8, 4) is 17.3 Å². The number of para-hydroxylation sites is 1. The third-order valence-electron chi connectivity index (χ3n) is 7.08.